The minimum Gasteiger partial charge on any atom is -0.747 e. The average molecular weight is 435 g/mol. The van der Waals surface area contributed by atoms with E-state index in [0.29, 0.717) is 5.56 Å². The number of hydrogen-bond donors (Lipinski definition) is 1. The van der Waals surface area contributed by atoms with Crippen molar-refractivity contribution in [2.24, 2.45) is 5.92 Å². The molecule has 2 aromatic carbocycles. The molecule has 1 aliphatic rings. The molecular formula is C22H28NO6S-. The molecule has 0 aliphatic carbocycles. The topological polar surface area (TPSA) is 91.3 Å². The van der Waals surface area contributed by atoms with Crippen molar-refractivity contribution in [3.8, 4) is 11.5 Å². The van der Waals surface area contributed by atoms with Gasteiger partial charge in [-0.1, -0.05) is 46.3 Å². The zero-order chi connectivity index (χ0) is 21.5. The fourth-order valence-electron chi connectivity index (χ4n) is 3.90. The summed E-state index contributed by atoms with van der Waals surface area (Å²) in [5.74, 6) is 0.463. The van der Waals surface area contributed by atoms with Gasteiger partial charge in [0.25, 0.3) is 0 Å². The lowest BCUT2D eigenvalue weighted by Gasteiger charge is -2.34. The Morgan fingerprint density at radius 1 is 1.20 bits per heavy atom. The number of para-hydroxylation sites is 1. The molecule has 0 saturated carbocycles. The van der Waals surface area contributed by atoms with E-state index >= 15 is 0 Å². The number of rotatable bonds is 9. The van der Waals surface area contributed by atoms with Crippen LogP contribution in [0, 0.1) is 12.8 Å². The van der Waals surface area contributed by atoms with Gasteiger partial charge in [0.05, 0.1) is 13.2 Å². The van der Waals surface area contributed by atoms with Crippen molar-refractivity contribution in [2.75, 3.05) is 26.7 Å². The minimum absolute atomic E-state index is 0.0827. The normalized spacial score (nSPS) is 17.5. The van der Waals surface area contributed by atoms with Gasteiger partial charge in [0.1, 0.15) is 11.4 Å². The summed E-state index contributed by atoms with van der Waals surface area (Å²) in [5, 5.41) is 11.0. The van der Waals surface area contributed by atoms with Gasteiger partial charge in [-0.15, -0.1) is 0 Å². The van der Waals surface area contributed by atoms with E-state index in [1.807, 2.05) is 0 Å². The summed E-state index contributed by atoms with van der Waals surface area (Å²) in [5.41, 5.74) is 3.17. The predicted molar refractivity (Wildman–Crippen MR) is 113 cm³/mol. The number of aliphatic hydroxyl groups excluding tert-OH is 1. The number of aryl methyl sites for hydroxylation is 1. The molecule has 0 amide bonds. The maximum absolute atomic E-state index is 11.0. The second-order valence-electron chi connectivity index (χ2n) is 7.59. The summed E-state index contributed by atoms with van der Waals surface area (Å²) in [7, 11) is 1.44. The molecule has 1 saturated heterocycles. The molecule has 0 spiro atoms. The van der Waals surface area contributed by atoms with Gasteiger partial charge in [0.15, 0.2) is 5.75 Å². The van der Waals surface area contributed by atoms with Gasteiger partial charge in [-0.2, -0.15) is 0 Å². The van der Waals surface area contributed by atoms with Crippen LogP contribution in [0.2, 0.25) is 0 Å². The van der Waals surface area contributed by atoms with Gasteiger partial charge in [0, 0.05) is 12.1 Å². The Kier molecular flexibility index (Phi) is 8.24. The highest BCUT2D eigenvalue weighted by Gasteiger charge is 2.29. The number of nitrogens with zero attached hydrogens (tertiary/aromatic N) is 1. The molecule has 2 atom stereocenters. The lowest BCUT2D eigenvalue weighted by atomic mass is 9.87. The standard InChI is InChI=1S/C22H29NO6S/c1-16-6-8-17(9-7-16)10-13-23-14-11-18(12-15-23)21(24)19-4-3-5-20(22(19)27-2)28-29-30(25)26/h3-9,18,21,24H,10-15H2,1-2H3,(H,25,26)/p-1. The van der Waals surface area contributed by atoms with E-state index in [1.165, 1.54) is 24.3 Å². The molecule has 2 unspecified atom stereocenters. The molecule has 3 rings (SSSR count). The van der Waals surface area contributed by atoms with Gasteiger partial charge in [-0.05, 0) is 56.8 Å². The van der Waals surface area contributed by atoms with Crippen LogP contribution < -0.4 is 9.62 Å². The maximum Gasteiger partial charge on any atom is 0.208 e. The lowest BCUT2D eigenvalue weighted by Crippen LogP contribution is -2.36. The molecule has 8 heteroatoms. The van der Waals surface area contributed by atoms with E-state index in [0.717, 1.165) is 38.9 Å². The fourth-order valence-corrected chi connectivity index (χ4v) is 4.03. The Morgan fingerprint density at radius 2 is 1.90 bits per heavy atom. The largest absolute Gasteiger partial charge is 0.747 e. The van der Waals surface area contributed by atoms with Gasteiger partial charge in [-0.3, -0.25) is 0 Å². The third kappa shape index (κ3) is 6.02. The van der Waals surface area contributed by atoms with Crippen molar-refractivity contribution in [3.63, 3.8) is 0 Å². The number of ether oxygens (including phenoxy) is 1. The van der Waals surface area contributed by atoms with Crippen LogP contribution in [-0.2, 0) is 22.1 Å². The first kappa shape index (κ1) is 22.7. The number of methoxy groups -OCH3 is 1. The summed E-state index contributed by atoms with van der Waals surface area (Å²) in [6.45, 7) is 4.94. The maximum atomic E-state index is 11.0. The monoisotopic (exact) mass is 434 g/mol. The summed E-state index contributed by atoms with van der Waals surface area (Å²) in [6.07, 6.45) is 2.01. The van der Waals surface area contributed by atoms with Crippen LogP contribution in [0.4, 0.5) is 0 Å². The van der Waals surface area contributed by atoms with Crippen molar-refractivity contribution in [3.05, 3.63) is 59.2 Å². The third-order valence-electron chi connectivity index (χ3n) is 5.63. The molecule has 1 aliphatic heterocycles. The van der Waals surface area contributed by atoms with Gasteiger partial charge in [-0.25, -0.2) is 4.21 Å². The van der Waals surface area contributed by atoms with E-state index in [4.69, 9.17) is 9.62 Å². The molecule has 2 aromatic rings. The Balaban J connectivity index is 1.56. The summed E-state index contributed by atoms with van der Waals surface area (Å²) >= 11 is -2.82. The molecule has 0 bridgehead atoms. The van der Waals surface area contributed by atoms with Crippen molar-refractivity contribution >= 4 is 11.4 Å². The van der Waals surface area contributed by atoms with Gasteiger partial charge < -0.3 is 24.2 Å². The highest BCUT2D eigenvalue weighted by Crippen LogP contribution is 2.40. The summed E-state index contributed by atoms with van der Waals surface area (Å²) < 4.78 is 30.7. The van der Waals surface area contributed by atoms with Crippen LogP contribution in [0.3, 0.4) is 0 Å². The first-order valence-electron chi connectivity index (χ1n) is 10.0. The summed E-state index contributed by atoms with van der Waals surface area (Å²) in [4.78, 5) is 7.24. The van der Waals surface area contributed by atoms with E-state index in [-0.39, 0.29) is 17.4 Å². The lowest BCUT2D eigenvalue weighted by molar-refractivity contribution is -0.0965. The van der Waals surface area contributed by atoms with Crippen molar-refractivity contribution in [2.45, 2.75) is 32.3 Å². The first-order chi connectivity index (χ1) is 14.5. The molecular weight excluding hydrogens is 406 g/mol. The smallest absolute Gasteiger partial charge is 0.208 e. The minimum atomic E-state index is -2.82. The molecule has 0 aromatic heterocycles. The van der Waals surface area contributed by atoms with Crippen molar-refractivity contribution in [1.29, 1.82) is 0 Å². The zero-order valence-corrected chi connectivity index (χ0v) is 18.1. The SMILES string of the molecule is COc1c(OOS(=O)[O-])cccc1C(O)C1CCN(CCc2ccc(C)cc2)CC1. The second-order valence-corrected chi connectivity index (χ2v) is 8.14. The highest BCUT2D eigenvalue weighted by atomic mass is 32.2. The first-order valence-corrected chi connectivity index (χ1v) is 11.0. The predicted octanol–water partition coefficient (Wildman–Crippen LogP) is 3.10. The van der Waals surface area contributed by atoms with Crippen LogP contribution in [0.1, 0.15) is 35.6 Å². The zero-order valence-electron chi connectivity index (χ0n) is 17.3. The van der Waals surface area contributed by atoms with Gasteiger partial charge >= 0.3 is 0 Å². The van der Waals surface area contributed by atoms with Crippen LogP contribution in [0.15, 0.2) is 42.5 Å². The number of aliphatic hydroxyl groups is 1. The molecule has 30 heavy (non-hydrogen) atoms. The summed E-state index contributed by atoms with van der Waals surface area (Å²) in [6, 6.07) is 13.6. The number of piperidine rings is 1. The molecule has 1 N–H and O–H groups in total. The fraction of sp³-hybridized carbons (Fsp3) is 0.455. The number of likely N-dealkylation sites (tertiary alicyclic amines) is 1. The van der Waals surface area contributed by atoms with E-state index in [9.17, 15) is 13.9 Å². The number of hydrogen-bond acceptors (Lipinski definition) is 7. The van der Waals surface area contributed by atoms with Crippen LogP contribution in [0.5, 0.6) is 11.5 Å². The van der Waals surface area contributed by atoms with Crippen LogP contribution >= 0.6 is 0 Å². The Hall–Kier alpha value is -1.97. The Bertz CT molecular complexity index is 836. The number of benzene rings is 2. The Morgan fingerprint density at radius 3 is 2.53 bits per heavy atom. The van der Waals surface area contributed by atoms with E-state index < -0.39 is 17.5 Å². The average Bonchev–Trinajstić information content (AvgIpc) is 2.76. The molecule has 1 heterocycles. The Labute approximate surface area is 180 Å². The van der Waals surface area contributed by atoms with E-state index in [2.05, 4.69) is 40.4 Å². The highest BCUT2D eigenvalue weighted by molar-refractivity contribution is 7.73. The van der Waals surface area contributed by atoms with E-state index in [1.54, 1.807) is 12.1 Å². The van der Waals surface area contributed by atoms with Crippen LogP contribution in [-0.4, -0.2) is 45.5 Å². The molecule has 0 radical (unpaired) electrons. The third-order valence-corrected chi connectivity index (χ3v) is 5.81. The molecule has 1 fully saturated rings. The molecule has 7 nitrogen and oxygen atoms in total. The van der Waals surface area contributed by atoms with Crippen molar-refractivity contribution in [1.82, 2.24) is 4.90 Å². The quantitative estimate of drug-likeness (QED) is 0.368. The van der Waals surface area contributed by atoms with Crippen LogP contribution in [0.25, 0.3) is 0 Å². The van der Waals surface area contributed by atoms with Crippen molar-refractivity contribution < 1.29 is 27.8 Å². The van der Waals surface area contributed by atoms with Gasteiger partial charge in [0.2, 0.25) is 5.75 Å². The molecule has 164 valence electrons. The second kappa shape index (κ2) is 10.9.